The highest BCUT2D eigenvalue weighted by Gasteiger charge is 2.31. The number of likely N-dealkylation sites (N-methyl/N-ethyl adjacent to an activating group) is 1. The summed E-state index contributed by atoms with van der Waals surface area (Å²) in [5, 5.41) is 2.81. The predicted octanol–water partition coefficient (Wildman–Crippen LogP) is 3.74. The van der Waals surface area contributed by atoms with E-state index in [1.807, 2.05) is 7.05 Å². The minimum atomic E-state index is -4.45. The van der Waals surface area contributed by atoms with Crippen molar-refractivity contribution in [2.24, 2.45) is 0 Å². The van der Waals surface area contributed by atoms with Gasteiger partial charge in [0, 0.05) is 12.6 Å². The van der Waals surface area contributed by atoms with Crippen molar-refractivity contribution < 1.29 is 17.6 Å². The molecule has 1 saturated heterocycles. The smallest absolute Gasteiger partial charge is 0.381 e. The van der Waals surface area contributed by atoms with Crippen molar-refractivity contribution in [3.8, 4) is 0 Å². The molecule has 6 heteroatoms. The molecule has 0 aliphatic carbocycles. The number of likely N-dealkylation sites (tertiary alicyclic amines) is 1. The van der Waals surface area contributed by atoms with Crippen LogP contribution >= 0.6 is 0 Å². The second-order valence-corrected chi connectivity index (χ2v) is 5.20. The van der Waals surface area contributed by atoms with E-state index in [2.05, 4.69) is 10.2 Å². The normalized spacial score (nSPS) is 20.9. The SMILES string of the molecule is CN1CCCCC1CNc1cc(C(F)(F)F)ccc1F. The molecule has 2 rings (SSSR count). The van der Waals surface area contributed by atoms with Crippen molar-refractivity contribution in [1.82, 2.24) is 4.90 Å². The van der Waals surface area contributed by atoms with Gasteiger partial charge in [-0.15, -0.1) is 0 Å². The summed E-state index contributed by atoms with van der Waals surface area (Å²) in [6, 6.07) is 2.68. The Morgan fingerprint density at radius 1 is 1.30 bits per heavy atom. The molecule has 1 atom stereocenters. The van der Waals surface area contributed by atoms with Crippen molar-refractivity contribution in [3.63, 3.8) is 0 Å². The molecule has 2 nitrogen and oxygen atoms in total. The Morgan fingerprint density at radius 3 is 2.70 bits per heavy atom. The maximum Gasteiger partial charge on any atom is 0.416 e. The van der Waals surface area contributed by atoms with E-state index < -0.39 is 17.6 Å². The van der Waals surface area contributed by atoms with Crippen LogP contribution in [0, 0.1) is 5.82 Å². The Hall–Kier alpha value is -1.30. The fourth-order valence-corrected chi connectivity index (χ4v) is 2.47. The highest BCUT2D eigenvalue weighted by molar-refractivity contribution is 5.48. The van der Waals surface area contributed by atoms with E-state index in [-0.39, 0.29) is 11.7 Å². The highest BCUT2D eigenvalue weighted by atomic mass is 19.4. The third kappa shape index (κ3) is 3.62. The topological polar surface area (TPSA) is 15.3 Å². The number of hydrogen-bond donors (Lipinski definition) is 1. The Balaban J connectivity index is 2.05. The number of rotatable bonds is 3. The minimum absolute atomic E-state index is 0.0844. The third-order valence-electron chi connectivity index (χ3n) is 3.74. The second kappa shape index (κ2) is 5.99. The molecule has 1 heterocycles. The van der Waals surface area contributed by atoms with Gasteiger partial charge in [0.05, 0.1) is 11.3 Å². The molecule has 1 unspecified atom stereocenters. The highest BCUT2D eigenvalue weighted by Crippen LogP contribution is 2.31. The number of nitrogens with one attached hydrogen (secondary N) is 1. The van der Waals surface area contributed by atoms with Gasteiger partial charge in [0.1, 0.15) is 5.82 Å². The Morgan fingerprint density at radius 2 is 2.05 bits per heavy atom. The molecule has 20 heavy (non-hydrogen) atoms. The van der Waals surface area contributed by atoms with E-state index in [9.17, 15) is 17.6 Å². The Kier molecular flexibility index (Phi) is 4.52. The molecule has 1 aromatic rings. The van der Waals surface area contributed by atoms with Crippen molar-refractivity contribution in [2.45, 2.75) is 31.5 Å². The summed E-state index contributed by atoms with van der Waals surface area (Å²) in [6.45, 7) is 1.42. The van der Waals surface area contributed by atoms with Crippen molar-refractivity contribution in [1.29, 1.82) is 0 Å². The molecule has 1 aromatic carbocycles. The summed E-state index contributed by atoms with van der Waals surface area (Å²) in [5.41, 5.74) is -0.919. The first-order valence-electron chi connectivity index (χ1n) is 6.69. The first-order valence-corrected chi connectivity index (χ1v) is 6.69. The molecule has 0 saturated carbocycles. The van der Waals surface area contributed by atoms with E-state index in [1.165, 1.54) is 0 Å². The number of anilines is 1. The molecule has 1 aliphatic rings. The van der Waals surface area contributed by atoms with Gasteiger partial charge in [0.25, 0.3) is 0 Å². The number of halogens is 4. The average Bonchev–Trinajstić information content (AvgIpc) is 2.38. The van der Waals surface area contributed by atoms with Gasteiger partial charge in [-0.3, -0.25) is 0 Å². The van der Waals surface area contributed by atoms with Gasteiger partial charge in [0.15, 0.2) is 0 Å². The third-order valence-corrected chi connectivity index (χ3v) is 3.74. The molecule has 0 bridgehead atoms. The van der Waals surface area contributed by atoms with Gasteiger partial charge in [-0.25, -0.2) is 4.39 Å². The minimum Gasteiger partial charge on any atom is -0.381 e. The summed E-state index contributed by atoms with van der Waals surface area (Å²) in [6.07, 6.45) is -1.25. The number of benzene rings is 1. The fraction of sp³-hybridized carbons (Fsp3) is 0.571. The van der Waals surface area contributed by atoms with Crippen LogP contribution in [0.15, 0.2) is 18.2 Å². The van der Waals surface area contributed by atoms with Gasteiger partial charge in [-0.05, 0) is 44.6 Å². The zero-order valence-electron chi connectivity index (χ0n) is 11.3. The van der Waals surface area contributed by atoms with Gasteiger partial charge in [-0.2, -0.15) is 13.2 Å². The zero-order valence-corrected chi connectivity index (χ0v) is 11.3. The largest absolute Gasteiger partial charge is 0.416 e. The fourth-order valence-electron chi connectivity index (χ4n) is 2.47. The zero-order chi connectivity index (χ0) is 14.8. The van der Waals surface area contributed by atoms with E-state index in [0.29, 0.717) is 6.54 Å². The van der Waals surface area contributed by atoms with E-state index in [4.69, 9.17) is 0 Å². The van der Waals surface area contributed by atoms with Crippen LogP contribution in [0.4, 0.5) is 23.2 Å². The van der Waals surface area contributed by atoms with Crippen molar-refractivity contribution >= 4 is 5.69 Å². The summed E-state index contributed by atoms with van der Waals surface area (Å²) >= 11 is 0. The van der Waals surface area contributed by atoms with Gasteiger partial charge >= 0.3 is 6.18 Å². The molecule has 0 aromatic heterocycles. The summed E-state index contributed by atoms with van der Waals surface area (Å²) in [4.78, 5) is 2.15. The summed E-state index contributed by atoms with van der Waals surface area (Å²) in [5.74, 6) is -0.656. The first kappa shape index (κ1) is 15.1. The lowest BCUT2D eigenvalue weighted by Crippen LogP contribution is -2.40. The number of nitrogens with zero attached hydrogens (tertiary/aromatic N) is 1. The van der Waals surface area contributed by atoms with E-state index >= 15 is 0 Å². The maximum absolute atomic E-state index is 13.6. The lowest BCUT2D eigenvalue weighted by atomic mass is 10.0. The number of hydrogen-bond acceptors (Lipinski definition) is 2. The van der Waals surface area contributed by atoms with E-state index in [0.717, 1.165) is 44.0 Å². The molecule has 0 spiro atoms. The number of piperidine rings is 1. The molecule has 1 fully saturated rings. The van der Waals surface area contributed by atoms with Gasteiger partial charge in [0.2, 0.25) is 0 Å². The molecule has 1 aliphatic heterocycles. The maximum atomic E-state index is 13.6. The lowest BCUT2D eigenvalue weighted by molar-refractivity contribution is -0.137. The van der Waals surface area contributed by atoms with Crippen LogP contribution in [0.25, 0.3) is 0 Å². The predicted molar refractivity (Wildman–Crippen MR) is 70.2 cm³/mol. The van der Waals surface area contributed by atoms with Gasteiger partial charge in [-0.1, -0.05) is 6.42 Å². The quantitative estimate of drug-likeness (QED) is 0.853. The Labute approximate surface area is 115 Å². The van der Waals surface area contributed by atoms with Crippen LogP contribution in [0.2, 0.25) is 0 Å². The molecular formula is C14H18F4N2. The van der Waals surface area contributed by atoms with E-state index in [1.54, 1.807) is 0 Å². The lowest BCUT2D eigenvalue weighted by Gasteiger charge is -2.32. The second-order valence-electron chi connectivity index (χ2n) is 5.20. The molecular weight excluding hydrogens is 272 g/mol. The number of alkyl halides is 3. The molecule has 112 valence electrons. The van der Waals surface area contributed by atoms with Crippen LogP contribution in [0.5, 0.6) is 0 Å². The summed E-state index contributed by atoms with van der Waals surface area (Å²) < 4.78 is 51.4. The van der Waals surface area contributed by atoms with Crippen LogP contribution in [0.3, 0.4) is 0 Å². The van der Waals surface area contributed by atoms with Crippen molar-refractivity contribution in [2.75, 3.05) is 25.5 Å². The monoisotopic (exact) mass is 290 g/mol. The molecule has 0 radical (unpaired) electrons. The van der Waals surface area contributed by atoms with Crippen molar-refractivity contribution in [3.05, 3.63) is 29.6 Å². The van der Waals surface area contributed by atoms with Gasteiger partial charge < -0.3 is 10.2 Å². The standard InChI is InChI=1S/C14H18F4N2/c1-20-7-3-2-4-11(20)9-19-13-8-10(14(16,17)18)5-6-12(13)15/h5-6,8,11,19H,2-4,7,9H2,1H3. The Bertz CT molecular complexity index is 459. The summed E-state index contributed by atoms with van der Waals surface area (Å²) in [7, 11) is 1.98. The average molecular weight is 290 g/mol. The van der Waals surface area contributed by atoms with Crippen LogP contribution in [0.1, 0.15) is 24.8 Å². The van der Waals surface area contributed by atoms with Crippen LogP contribution < -0.4 is 5.32 Å². The van der Waals surface area contributed by atoms with Crippen LogP contribution in [-0.2, 0) is 6.18 Å². The van der Waals surface area contributed by atoms with Crippen LogP contribution in [-0.4, -0.2) is 31.1 Å². The molecule has 1 N–H and O–H groups in total. The molecule has 0 amide bonds. The first-order chi connectivity index (χ1) is 9.38.